The molecule has 0 saturated carbocycles. The molecule has 1 saturated heterocycles. The minimum Gasteiger partial charge on any atom is -0.376 e. The van der Waals surface area contributed by atoms with Gasteiger partial charge < -0.3 is 15.4 Å². The molecule has 128 valence electrons. The van der Waals surface area contributed by atoms with Crippen molar-refractivity contribution in [2.45, 2.75) is 25.5 Å². The maximum atomic E-state index is 12.3. The van der Waals surface area contributed by atoms with E-state index in [1.54, 1.807) is 6.07 Å². The van der Waals surface area contributed by atoms with Crippen LogP contribution in [-0.4, -0.2) is 35.1 Å². The molecule has 2 aromatic rings. The van der Waals surface area contributed by atoms with Crippen LogP contribution in [0.2, 0.25) is 0 Å². The minimum absolute atomic E-state index is 0.116. The third-order valence-corrected chi connectivity index (χ3v) is 3.97. The maximum absolute atomic E-state index is 12.3. The van der Waals surface area contributed by atoms with Crippen molar-refractivity contribution in [3.05, 3.63) is 53.5 Å². The Balaban J connectivity index is 1.59. The predicted molar refractivity (Wildman–Crippen MR) is 91.8 cm³/mol. The fraction of sp³-hybridized carbons (Fsp3) is 0.333. The fourth-order valence-corrected chi connectivity index (χ4v) is 2.67. The quantitative estimate of drug-likeness (QED) is 0.835. The highest BCUT2D eigenvalue weighted by atomic mass is 16.5. The van der Waals surface area contributed by atoms with Gasteiger partial charge in [-0.25, -0.2) is 9.97 Å². The first-order valence-corrected chi connectivity index (χ1v) is 8.20. The van der Waals surface area contributed by atoms with Crippen LogP contribution in [0.5, 0.6) is 0 Å². The summed E-state index contributed by atoms with van der Waals surface area (Å²) in [5.74, 6) is 0.313. The molecule has 7 heteroatoms. The summed E-state index contributed by atoms with van der Waals surface area (Å²) in [6.45, 7) is 1.75. The van der Waals surface area contributed by atoms with Gasteiger partial charge in [-0.3, -0.25) is 4.79 Å². The first-order chi connectivity index (χ1) is 12.3. The molecule has 1 unspecified atom stereocenters. The predicted octanol–water partition coefficient (Wildman–Crippen LogP) is 1.87. The number of carbonyl (C=O) groups excluding carboxylic acids is 1. The third kappa shape index (κ3) is 4.52. The van der Waals surface area contributed by atoms with Crippen molar-refractivity contribution in [1.29, 1.82) is 5.26 Å². The van der Waals surface area contributed by atoms with Crippen LogP contribution in [0, 0.1) is 11.3 Å². The van der Waals surface area contributed by atoms with Gasteiger partial charge in [0.2, 0.25) is 0 Å². The minimum atomic E-state index is -0.116. The summed E-state index contributed by atoms with van der Waals surface area (Å²) >= 11 is 0. The molecular weight excluding hydrogens is 318 g/mol. The number of anilines is 1. The molecule has 0 bridgehead atoms. The molecular formula is C18H19N5O2. The Labute approximate surface area is 146 Å². The van der Waals surface area contributed by atoms with Crippen LogP contribution >= 0.6 is 0 Å². The number of nitrogens with one attached hydrogen (secondary N) is 2. The number of ether oxygens (including phenoxy) is 1. The van der Waals surface area contributed by atoms with Gasteiger partial charge in [0, 0.05) is 37.7 Å². The Morgan fingerprint density at radius 3 is 3.04 bits per heavy atom. The normalized spacial score (nSPS) is 16.2. The number of rotatable bonds is 6. The van der Waals surface area contributed by atoms with E-state index in [9.17, 15) is 4.79 Å². The highest BCUT2D eigenvalue weighted by Crippen LogP contribution is 2.12. The van der Waals surface area contributed by atoms with Gasteiger partial charge >= 0.3 is 0 Å². The number of benzene rings is 1. The molecule has 1 fully saturated rings. The number of nitriles is 1. The second-order valence-electron chi connectivity index (χ2n) is 5.76. The molecule has 7 nitrogen and oxygen atoms in total. The summed E-state index contributed by atoms with van der Waals surface area (Å²) < 4.78 is 5.51. The molecule has 1 aliphatic heterocycles. The van der Waals surface area contributed by atoms with Crippen LogP contribution in [0.25, 0.3) is 0 Å². The van der Waals surface area contributed by atoms with Gasteiger partial charge in [0.05, 0.1) is 6.10 Å². The molecule has 2 N–H and O–H groups in total. The Kier molecular flexibility index (Phi) is 5.54. The van der Waals surface area contributed by atoms with Crippen LogP contribution in [0.15, 0.2) is 36.7 Å². The Morgan fingerprint density at radius 2 is 2.24 bits per heavy atom. The monoisotopic (exact) mass is 337 g/mol. The first-order valence-electron chi connectivity index (χ1n) is 8.20. The number of amides is 1. The second kappa shape index (κ2) is 8.22. The van der Waals surface area contributed by atoms with E-state index in [4.69, 9.17) is 10.00 Å². The molecule has 1 aromatic heterocycles. The lowest BCUT2D eigenvalue weighted by atomic mass is 10.1. The lowest BCUT2D eigenvalue weighted by molar-refractivity contribution is 0.0857. The zero-order valence-corrected chi connectivity index (χ0v) is 13.7. The molecule has 25 heavy (non-hydrogen) atoms. The van der Waals surface area contributed by atoms with Crippen molar-refractivity contribution in [3.63, 3.8) is 0 Å². The van der Waals surface area contributed by atoms with Crippen LogP contribution in [0.4, 0.5) is 5.82 Å². The van der Waals surface area contributed by atoms with Gasteiger partial charge in [0.1, 0.15) is 6.07 Å². The van der Waals surface area contributed by atoms with Crippen molar-refractivity contribution in [2.24, 2.45) is 0 Å². The lowest BCUT2D eigenvalue weighted by Crippen LogP contribution is -2.31. The molecule has 1 atom stereocenters. The van der Waals surface area contributed by atoms with Crippen molar-refractivity contribution in [1.82, 2.24) is 15.3 Å². The van der Waals surface area contributed by atoms with Gasteiger partial charge in [-0.15, -0.1) is 0 Å². The van der Waals surface area contributed by atoms with Gasteiger partial charge in [0.15, 0.2) is 11.5 Å². The summed E-state index contributed by atoms with van der Waals surface area (Å²) in [4.78, 5) is 20.3. The summed E-state index contributed by atoms with van der Waals surface area (Å²) in [5.41, 5.74) is 1.75. The summed E-state index contributed by atoms with van der Waals surface area (Å²) in [6.07, 6.45) is 5.16. The zero-order valence-electron chi connectivity index (χ0n) is 13.7. The van der Waals surface area contributed by atoms with E-state index in [2.05, 4.69) is 20.6 Å². The van der Waals surface area contributed by atoms with E-state index >= 15 is 0 Å². The summed E-state index contributed by atoms with van der Waals surface area (Å²) in [5, 5.41) is 15.0. The van der Waals surface area contributed by atoms with Crippen LogP contribution < -0.4 is 10.6 Å². The van der Waals surface area contributed by atoms with E-state index in [1.807, 2.05) is 24.3 Å². The fourth-order valence-electron chi connectivity index (χ4n) is 2.67. The number of nitrogens with zero attached hydrogens (tertiary/aromatic N) is 3. The molecule has 3 rings (SSSR count). The van der Waals surface area contributed by atoms with Crippen molar-refractivity contribution >= 4 is 11.7 Å². The molecule has 2 heterocycles. The average Bonchev–Trinajstić information content (AvgIpc) is 3.18. The highest BCUT2D eigenvalue weighted by Gasteiger charge is 2.16. The first kappa shape index (κ1) is 16.9. The number of carbonyl (C=O) groups is 1. The SMILES string of the molecule is N#Cc1nccnc1NCc1cccc(C(=O)NCC2CCCO2)c1. The standard InChI is InChI=1S/C18H19N5O2/c19-10-16-17(21-7-6-20-16)22-11-13-3-1-4-14(9-13)18(24)23-12-15-5-2-8-25-15/h1,3-4,6-7,9,15H,2,5,8,11-12H2,(H,21,22)(H,23,24). The van der Waals surface area contributed by atoms with Crippen molar-refractivity contribution in [3.8, 4) is 6.07 Å². The van der Waals surface area contributed by atoms with Crippen LogP contribution in [-0.2, 0) is 11.3 Å². The van der Waals surface area contributed by atoms with E-state index < -0.39 is 0 Å². The summed E-state index contributed by atoms with van der Waals surface area (Å²) in [7, 11) is 0. The van der Waals surface area contributed by atoms with Gasteiger partial charge in [-0.1, -0.05) is 12.1 Å². The van der Waals surface area contributed by atoms with E-state index in [0.717, 1.165) is 25.0 Å². The highest BCUT2D eigenvalue weighted by molar-refractivity contribution is 5.94. The molecule has 0 spiro atoms. The molecule has 1 aromatic carbocycles. The second-order valence-corrected chi connectivity index (χ2v) is 5.76. The number of aromatic nitrogens is 2. The maximum Gasteiger partial charge on any atom is 0.251 e. The average molecular weight is 337 g/mol. The smallest absolute Gasteiger partial charge is 0.251 e. The third-order valence-electron chi connectivity index (χ3n) is 3.97. The van der Waals surface area contributed by atoms with E-state index in [0.29, 0.717) is 24.5 Å². The molecule has 0 aliphatic carbocycles. The van der Waals surface area contributed by atoms with Gasteiger partial charge in [0.25, 0.3) is 5.91 Å². The van der Waals surface area contributed by atoms with Crippen LogP contribution in [0.1, 0.15) is 34.5 Å². The number of hydrogen-bond acceptors (Lipinski definition) is 6. The Morgan fingerprint density at radius 1 is 1.36 bits per heavy atom. The van der Waals surface area contributed by atoms with E-state index in [-0.39, 0.29) is 17.7 Å². The van der Waals surface area contributed by atoms with E-state index in [1.165, 1.54) is 12.4 Å². The van der Waals surface area contributed by atoms with Crippen molar-refractivity contribution in [2.75, 3.05) is 18.5 Å². The summed E-state index contributed by atoms with van der Waals surface area (Å²) in [6, 6.07) is 9.33. The number of hydrogen-bond donors (Lipinski definition) is 2. The molecule has 1 aliphatic rings. The Hall–Kier alpha value is -2.98. The topological polar surface area (TPSA) is 99.9 Å². The van der Waals surface area contributed by atoms with Gasteiger partial charge in [-0.2, -0.15) is 5.26 Å². The van der Waals surface area contributed by atoms with Crippen molar-refractivity contribution < 1.29 is 9.53 Å². The lowest BCUT2D eigenvalue weighted by Gasteiger charge is -2.11. The Bertz CT molecular complexity index is 781. The molecule has 0 radical (unpaired) electrons. The largest absolute Gasteiger partial charge is 0.376 e. The van der Waals surface area contributed by atoms with Gasteiger partial charge in [-0.05, 0) is 30.5 Å². The van der Waals surface area contributed by atoms with Crippen LogP contribution in [0.3, 0.4) is 0 Å². The zero-order chi connectivity index (χ0) is 17.5. The molecule has 1 amide bonds.